The molecule has 0 N–H and O–H groups in total. The summed E-state index contributed by atoms with van der Waals surface area (Å²) in [5.41, 5.74) is 2.14. The number of benzene rings is 1. The summed E-state index contributed by atoms with van der Waals surface area (Å²) in [7, 11) is 1.65. The van der Waals surface area contributed by atoms with E-state index in [9.17, 15) is 4.79 Å². The topological polar surface area (TPSA) is 60.2 Å². The predicted molar refractivity (Wildman–Crippen MR) is 98.5 cm³/mol. The number of aromatic nitrogens is 3. The van der Waals surface area contributed by atoms with Gasteiger partial charge in [0.05, 0.1) is 13.7 Å². The van der Waals surface area contributed by atoms with Crippen molar-refractivity contribution in [2.75, 3.05) is 7.11 Å². The van der Waals surface area contributed by atoms with Crippen LogP contribution < -0.4 is 4.74 Å². The maximum atomic E-state index is 12.1. The summed E-state index contributed by atoms with van der Waals surface area (Å²) in [5, 5.41) is 0. The standard InChI is InChI=1S/C20H22N4O2/c1-16(25)24(14-18-4-3-9-21-12-18)15-20-22-10-11-23(20)13-17-5-7-19(26-2)8-6-17/h3-12H,13-15H2,1-2H3. The molecule has 0 saturated heterocycles. The maximum Gasteiger partial charge on any atom is 0.220 e. The molecule has 2 heterocycles. The summed E-state index contributed by atoms with van der Waals surface area (Å²) in [6.45, 7) is 3.23. The fraction of sp³-hybridized carbons (Fsp3) is 0.250. The molecule has 6 heteroatoms. The highest BCUT2D eigenvalue weighted by Crippen LogP contribution is 2.14. The second-order valence-electron chi connectivity index (χ2n) is 6.06. The fourth-order valence-electron chi connectivity index (χ4n) is 2.72. The van der Waals surface area contributed by atoms with Crippen molar-refractivity contribution in [3.8, 4) is 5.75 Å². The van der Waals surface area contributed by atoms with Crippen LogP contribution in [0.3, 0.4) is 0 Å². The Labute approximate surface area is 153 Å². The monoisotopic (exact) mass is 350 g/mol. The van der Waals surface area contributed by atoms with Gasteiger partial charge in [-0.05, 0) is 29.3 Å². The normalized spacial score (nSPS) is 10.5. The number of nitrogens with zero attached hydrogens (tertiary/aromatic N) is 4. The first-order valence-electron chi connectivity index (χ1n) is 8.43. The van der Waals surface area contributed by atoms with Gasteiger partial charge in [-0.2, -0.15) is 0 Å². The van der Waals surface area contributed by atoms with Gasteiger partial charge in [0.2, 0.25) is 5.91 Å². The fourth-order valence-corrected chi connectivity index (χ4v) is 2.72. The van der Waals surface area contributed by atoms with Gasteiger partial charge >= 0.3 is 0 Å². The van der Waals surface area contributed by atoms with Crippen molar-refractivity contribution in [1.29, 1.82) is 0 Å². The Morgan fingerprint density at radius 2 is 1.92 bits per heavy atom. The Hall–Kier alpha value is -3.15. The number of methoxy groups -OCH3 is 1. The van der Waals surface area contributed by atoms with Gasteiger partial charge in [0.25, 0.3) is 0 Å². The second kappa shape index (κ2) is 8.29. The smallest absolute Gasteiger partial charge is 0.220 e. The molecule has 1 amide bonds. The van der Waals surface area contributed by atoms with Gasteiger partial charge in [0, 0.05) is 44.8 Å². The average molecular weight is 350 g/mol. The van der Waals surface area contributed by atoms with E-state index in [4.69, 9.17) is 4.74 Å². The summed E-state index contributed by atoms with van der Waals surface area (Å²) < 4.78 is 7.25. The molecule has 0 spiro atoms. The highest BCUT2D eigenvalue weighted by Gasteiger charge is 2.14. The summed E-state index contributed by atoms with van der Waals surface area (Å²) >= 11 is 0. The third-order valence-corrected chi connectivity index (χ3v) is 4.19. The van der Waals surface area contributed by atoms with Crippen molar-refractivity contribution in [3.05, 3.63) is 78.1 Å². The SMILES string of the molecule is COc1ccc(Cn2ccnc2CN(Cc2cccnc2)C(C)=O)cc1. The van der Waals surface area contributed by atoms with Crippen LogP contribution in [0.2, 0.25) is 0 Å². The van der Waals surface area contributed by atoms with Crippen molar-refractivity contribution >= 4 is 5.91 Å². The van der Waals surface area contributed by atoms with E-state index in [1.807, 2.05) is 42.6 Å². The molecule has 1 aromatic carbocycles. The first-order valence-corrected chi connectivity index (χ1v) is 8.43. The van der Waals surface area contributed by atoms with E-state index in [0.29, 0.717) is 19.6 Å². The number of hydrogen-bond donors (Lipinski definition) is 0. The third-order valence-electron chi connectivity index (χ3n) is 4.19. The lowest BCUT2D eigenvalue weighted by Crippen LogP contribution is -2.29. The van der Waals surface area contributed by atoms with Gasteiger partial charge in [0.15, 0.2) is 0 Å². The Morgan fingerprint density at radius 1 is 1.12 bits per heavy atom. The Morgan fingerprint density at radius 3 is 2.58 bits per heavy atom. The summed E-state index contributed by atoms with van der Waals surface area (Å²) in [6.07, 6.45) is 7.20. The molecule has 0 unspecified atom stereocenters. The number of amides is 1. The van der Waals surface area contributed by atoms with Gasteiger partial charge in [-0.25, -0.2) is 4.98 Å². The second-order valence-corrected chi connectivity index (χ2v) is 6.06. The summed E-state index contributed by atoms with van der Waals surface area (Å²) in [5.74, 6) is 1.69. The largest absolute Gasteiger partial charge is 0.497 e. The van der Waals surface area contributed by atoms with E-state index >= 15 is 0 Å². The Bertz CT molecular complexity index is 844. The van der Waals surface area contributed by atoms with Gasteiger partial charge in [-0.15, -0.1) is 0 Å². The van der Waals surface area contributed by atoms with E-state index in [0.717, 1.165) is 22.7 Å². The van der Waals surface area contributed by atoms with E-state index in [2.05, 4.69) is 14.5 Å². The van der Waals surface area contributed by atoms with Gasteiger partial charge < -0.3 is 14.2 Å². The molecule has 0 aliphatic heterocycles. The molecule has 0 saturated carbocycles. The van der Waals surface area contributed by atoms with Crippen LogP contribution in [0, 0.1) is 0 Å². The highest BCUT2D eigenvalue weighted by molar-refractivity contribution is 5.73. The number of ether oxygens (including phenoxy) is 1. The van der Waals surface area contributed by atoms with Crippen LogP contribution in [-0.4, -0.2) is 32.5 Å². The van der Waals surface area contributed by atoms with Gasteiger partial charge in [-0.1, -0.05) is 18.2 Å². The zero-order valence-corrected chi connectivity index (χ0v) is 15.0. The number of pyridine rings is 1. The lowest BCUT2D eigenvalue weighted by molar-refractivity contribution is -0.130. The Kier molecular flexibility index (Phi) is 5.63. The van der Waals surface area contributed by atoms with Crippen LogP contribution in [0.25, 0.3) is 0 Å². The third kappa shape index (κ3) is 4.47. The van der Waals surface area contributed by atoms with E-state index in [1.165, 1.54) is 0 Å². The Balaban J connectivity index is 1.72. The zero-order valence-electron chi connectivity index (χ0n) is 15.0. The molecule has 6 nitrogen and oxygen atoms in total. The molecule has 2 aromatic heterocycles. The first kappa shape index (κ1) is 17.7. The zero-order chi connectivity index (χ0) is 18.4. The molecule has 26 heavy (non-hydrogen) atoms. The lowest BCUT2D eigenvalue weighted by atomic mass is 10.2. The van der Waals surface area contributed by atoms with Crippen LogP contribution in [0.5, 0.6) is 5.75 Å². The van der Waals surface area contributed by atoms with Crippen LogP contribution in [-0.2, 0) is 24.4 Å². The molecular weight excluding hydrogens is 328 g/mol. The molecule has 0 aliphatic rings. The molecule has 0 fully saturated rings. The van der Waals surface area contributed by atoms with Crippen molar-refractivity contribution < 1.29 is 9.53 Å². The quantitative estimate of drug-likeness (QED) is 0.657. The van der Waals surface area contributed by atoms with Gasteiger partial charge in [-0.3, -0.25) is 9.78 Å². The maximum absolute atomic E-state index is 12.1. The molecule has 0 aliphatic carbocycles. The minimum absolute atomic E-state index is 0.00727. The number of rotatable bonds is 7. The van der Waals surface area contributed by atoms with E-state index in [-0.39, 0.29) is 5.91 Å². The van der Waals surface area contributed by atoms with Crippen LogP contribution in [0.4, 0.5) is 0 Å². The molecule has 0 radical (unpaired) electrons. The molecular formula is C20H22N4O2. The van der Waals surface area contributed by atoms with Gasteiger partial charge in [0.1, 0.15) is 11.6 Å². The van der Waals surface area contributed by atoms with Crippen LogP contribution in [0.15, 0.2) is 61.2 Å². The molecule has 0 atom stereocenters. The highest BCUT2D eigenvalue weighted by atomic mass is 16.5. The molecule has 3 aromatic rings. The minimum Gasteiger partial charge on any atom is -0.497 e. The predicted octanol–water partition coefficient (Wildman–Crippen LogP) is 2.88. The first-order chi connectivity index (χ1) is 12.7. The number of imidazole rings is 1. The van der Waals surface area contributed by atoms with E-state index < -0.39 is 0 Å². The number of carbonyl (C=O) groups excluding carboxylic acids is 1. The van der Waals surface area contributed by atoms with Crippen LogP contribution in [0.1, 0.15) is 23.9 Å². The molecule has 0 bridgehead atoms. The number of hydrogen-bond acceptors (Lipinski definition) is 4. The van der Waals surface area contributed by atoms with Crippen molar-refractivity contribution in [3.63, 3.8) is 0 Å². The summed E-state index contributed by atoms with van der Waals surface area (Å²) in [6, 6.07) is 11.8. The number of carbonyl (C=O) groups is 1. The summed E-state index contributed by atoms with van der Waals surface area (Å²) in [4.78, 5) is 22.4. The minimum atomic E-state index is 0.00727. The van der Waals surface area contributed by atoms with Crippen molar-refractivity contribution in [1.82, 2.24) is 19.4 Å². The van der Waals surface area contributed by atoms with Crippen molar-refractivity contribution in [2.24, 2.45) is 0 Å². The molecule has 3 rings (SSSR count). The average Bonchev–Trinajstić information content (AvgIpc) is 3.09. The van der Waals surface area contributed by atoms with Crippen molar-refractivity contribution in [2.45, 2.75) is 26.6 Å². The van der Waals surface area contributed by atoms with Crippen LogP contribution >= 0.6 is 0 Å². The lowest BCUT2D eigenvalue weighted by Gasteiger charge is -2.21. The van der Waals surface area contributed by atoms with E-state index in [1.54, 1.807) is 37.5 Å². The molecule has 134 valence electrons.